The summed E-state index contributed by atoms with van der Waals surface area (Å²) in [6, 6.07) is 33.6. The fourth-order valence-corrected chi connectivity index (χ4v) is 8.48. The van der Waals surface area contributed by atoms with Crippen LogP contribution in [0.3, 0.4) is 0 Å². The van der Waals surface area contributed by atoms with Gasteiger partial charge in [-0.3, -0.25) is 14.7 Å². The second-order valence-corrected chi connectivity index (χ2v) is 15.9. The van der Waals surface area contributed by atoms with Gasteiger partial charge in [-0.25, -0.2) is 0 Å². The first-order chi connectivity index (χ1) is 28.0. The molecule has 0 bridgehead atoms. The molecule has 2 unspecified atom stereocenters. The van der Waals surface area contributed by atoms with Gasteiger partial charge in [0.15, 0.2) is 0 Å². The number of rotatable bonds is 16. The van der Waals surface area contributed by atoms with Crippen molar-refractivity contribution in [1.82, 2.24) is 14.7 Å². The Kier molecular flexibility index (Phi) is 13.1. The molecule has 8 nitrogen and oxygen atoms in total. The Hall–Kier alpha value is -4.72. The summed E-state index contributed by atoms with van der Waals surface area (Å²) in [5.74, 6) is 1.40. The average molecular weight is 766 g/mol. The van der Waals surface area contributed by atoms with E-state index in [-0.39, 0.29) is 12.7 Å². The Morgan fingerprint density at radius 3 is 2.30 bits per heavy atom. The third-order valence-electron chi connectivity index (χ3n) is 11.6. The number of likely N-dealkylation sites (tertiary alicyclic amines) is 2. The molecular weight excluding hydrogens is 711 g/mol. The number of benzene rings is 4. The highest BCUT2D eigenvalue weighted by Gasteiger charge is 2.24. The predicted molar refractivity (Wildman–Crippen MR) is 224 cm³/mol. The van der Waals surface area contributed by atoms with Crippen LogP contribution in [0.5, 0.6) is 11.5 Å². The van der Waals surface area contributed by atoms with Gasteiger partial charge in [-0.15, -0.1) is 0 Å². The molecule has 8 heteroatoms. The summed E-state index contributed by atoms with van der Waals surface area (Å²) in [6.07, 6.45) is 7.08. The number of nitrogens with zero attached hydrogens (tertiary/aromatic N) is 3. The molecule has 8 rings (SSSR count). The Morgan fingerprint density at radius 2 is 1.42 bits per heavy atom. The van der Waals surface area contributed by atoms with Crippen molar-refractivity contribution in [3.05, 3.63) is 154 Å². The number of aliphatic hydroxyl groups excluding tert-OH is 2. The van der Waals surface area contributed by atoms with Gasteiger partial charge in [-0.2, -0.15) is 0 Å². The topological polar surface area (TPSA) is 77.9 Å². The van der Waals surface area contributed by atoms with Crippen LogP contribution in [0, 0.1) is 0 Å². The van der Waals surface area contributed by atoms with Crippen molar-refractivity contribution in [1.29, 1.82) is 0 Å². The van der Waals surface area contributed by atoms with E-state index in [9.17, 15) is 10.2 Å². The fourth-order valence-electron chi connectivity index (χ4n) is 8.48. The van der Waals surface area contributed by atoms with Crippen molar-refractivity contribution in [2.45, 2.75) is 63.7 Å². The Labute approximate surface area is 337 Å². The number of ether oxygens (including phenoxy) is 3. The van der Waals surface area contributed by atoms with Gasteiger partial charge < -0.3 is 24.4 Å². The maximum absolute atomic E-state index is 10.8. The van der Waals surface area contributed by atoms with E-state index < -0.39 is 12.2 Å². The van der Waals surface area contributed by atoms with E-state index in [0.717, 1.165) is 82.8 Å². The molecule has 4 aromatic rings. The van der Waals surface area contributed by atoms with Crippen LogP contribution >= 0.6 is 0 Å². The van der Waals surface area contributed by atoms with Gasteiger partial charge in [-0.1, -0.05) is 84.3 Å². The Bertz CT molecular complexity index is 2110. The van der Waals surface area contributed by atoms with Crippen LogP contribution in [0.1, 0.15) is 41.5 Å². The molecule has 2 saturated heterocycles. The molecule has 4 aliphatic rings. The summed E-state index contributed by atoms with van der Waals surface area (Å²) >= 11 is 0. The van der Waals surface area contributed by atoms with Gasteiger partial charge in [0.1, 0.15) is 30.8 Å². The second-order valence-electron chi connectivity index (χ2n) is 15.9. The van der Waals surface area contributed by atoms with Crippen LogP contribution in [0.25, 0.3) is 11.1 Å². The SMILES string of the molecule is OC(COc1cccc(OCc2cccc(-c3ccccc3CN3CCC(OCC(O)CN4CCc5ccccc5C4)CC3)c2)c1)CN1CCC2=CC=C=C=C2C1. The number of fused-ring (bicyclic) bond motifs is 2. The van der Waals surface area contributed by atoms with Crippen molar-refractivity contribution in [3.8, 4) is 22.6 Å². The highest BCUT2D eigenvalue weighted by molar-refractivity contribution is 5.68. The summed E-state index contributed by atoms with van der Waals surface area (Å²) in [7, 11) is 0. The third kappa shape index (κ3) is 10.8. The van der Waals surface area contributed by atoms with E-state index >= 15 is 0 Å². The van der Waals surface area contributed by atoms with Crippen molar-refractivity contribution in [2.24, 2.45) is 0 Å². The van der Waals surface area contributed by atoms with Gasteiger partial charge in [-0.05, 0) is 95.0 Å². The zero-order valence-electron chi connectivity index (χ0n) is 32.9. The third-order valence-corrected chi connectivity index (χ3v) is 11.6. The van der Waals surface area contributed by atoms with Gasteiger partial charge in [0, 0.05) is 70.5 Å². The maximum Gasteiger partial charge on any atom is 0.123 e. The van der Waals surface area contributed by atoms with E-state index in [2.05, 4.69) is 105 Å². The van der Waals surface area contributed by atoms with Crippen molar-refractivity contribution >= 4 is 0 Å². The highest BCUT2D eigenvalue weighted by atomic mass is 16.5. The van der Waals surface area contributed by atoms with Crippen molar-refractivity contribution in [3.63, 3.8) is 0 Å². The summed E-state index contributed by atoms with van der Waals surface area (Å²) in [6.45, 7) is 8.64. The zero-order chi connectivity index (χ0) is 38.8. The maximum atomic E-state index is 10.8. The molecule has 1 aliphatic carbocycles. The molecule has 3 heterocycles. The molecule has 2 atom stereocenters. The molecule has 57 heavy (non-hydrogen) atoms. The largest absolute Gasteiger partial charge is 0.491 e. The second kappa shape index (κ2) is 19.1. The standard InChI is InChI=1S/C49H55N3O5/c53-44(32-51-23-19-38-10-1-3-12-41(38)29-51)35-56-46-21-25-50(26-22-46)31-43-14-5-6-18-49(43)40-15-7-9-37(27-40)34-55-47-16-8-17-48(28-47)57-36-45(54)33-52-24-20-39-11-2-4-13-42(39)30-52/h1-3,5-12,14-18,27-28,44-46,53-54H,19-26,29-36H2. The smallest absolute Gasteiger partial charge is 0.123 e. The summed E-state index contributed by atoms with van der Waals surface area (Å²) in [5, 5.41) is 21.5. The summed E-state index contributed by atoms with van der Waals surface area (Å²) in [5.41, 5.74) is 16.4. The fraction of sp³-hybridized carbons (Fsp3) is 0.388. The molecule has 0 spiro atoms. The normalized spacial score (nSPS) is 18.6. The monoisotopic (exact) mass is 765 g/mol. The lowest BCUT2D eigenvalue weighted by Crippen LogP contribution is -2.40. The van der Waals surface area contributed by atoms with Crippen LogP contribution in [-0.4, -0.2) is 102 Å². The van der Waals surface area contributed by atoms with E-state index in [1.807, 2.05) is 30.3 Å². The van der Waals surface area contributed by atoms with Crippen LogP contribution in [-0.2, 0) is 30.9 Å². The predicted octanol–water partition coefficient (Wildman–Crippen LogP) is 6.95. The molecule has 0 radical (unpaired) electrons. The minimum atomic E-state index is -0.602. The number of aliphatic hydroxyl groups is 2. The first kappa shape index (κ1) is 39.1. The number of β-amino-alcohol motifs (C(OH)–C–C–N with tert-alkyl or cyclic N) is 2. The zero-order valence-corrected chi connectivity index (χ0v) is 32.9. The van der Waals surface area contributed by atoms with Gasteiger partial charge in [0.05, 0.1) is 18.8 Å². The number of allylic oxidation sites excluding steroid dienone is 2. The summed E-state index contributed by atoms with van der Waals surface area (Å²) < 4.78 is 18.5. The first-order valence-electron chi connectivity index (χ1n) is 20.7. The lowest BCUT2D eigenvalue weighted by atomic mass is 9.96. The molecule has 2 fully saturated rings. The first-order valence-corrected chi connectivity index (χ1v) is 20.7. The van der Waals surface area contributed by atoms with Crippen molar-refractivity contribution in [2.75, 3.05) is 59.0 Å². The lowest BCUT2D eigenvalue weighted by molar-refractivity contribution is -0.0443. The van der Waals surface area contributed by atoms with Gasteiger partial charge in [0.25, 0.3) is 0 Å². The van der Waals surface area contributed by atoms with E-state index in [1.54, 1.807) is 0 Å². The average Bonchev–Trinajstić information content (AvgIpc) is 3.25. The molecule has 296 valence electrons. The quantitative estimate of drug-likeness (QED) is 0.119. The molecule has 0 saturated carbocycles. The Balaban J connectivity index is 0.777. The highest BCUT2D eigenvalue weighted by Crippen LogP contribution is 2.29. The molecular formula is C49H55N3O5. The van der Waals surface area contributed by atoms with Gasteiger partial charge in [0.2, 0.25) is 0 Å². The molecule has 3 aliphatic heterocycles. The van der Waals surface area contributed by atoms with Crippen LogP contribution in [0.15, 0.2) is 132 Å². The van der Waals surface area contributed by atoms with E-state index in [1.165, 1.54) is 39.0 Å². The van der Waals surface area contributed by atoms with E-state index in [0.29, 0.717) is 32.1 Å². The number of piperidine rings is 2. The molecule has 4 aromatic carbocycles. The van der Waals surface area contributed by atoms with Gasteiger partial charge >= 0.3 is 0 Å². The lowest BCUT2D eigenvalue weighted by Gasteiger charge is -2.33. The molecule has 0 aromatic heterocycles. The summed E-state index contributed by atoms with van der Waals surface area (Å²) in [4.78, 5) is 7.11. The van der Waals surface area contributed by atoms with Crippen LogP contribution in [0.4, 0.5) is 0 Å². The van der Waals surface area contributed by atoms with E-state index in [4.69, 9.17) is 14.2 Å². The number of hydrogen-bond donors (Lipinski definition) is 2. The Morgan fingerprint density at radius 1 is 0.684 bits per heavy atom. The molecule has 0 amide bonds. The minimum absolute atomic E-state index is 0.186. The minimum Gasteiger partial charge on any atom is -0.491 e. The van der Waals surface area contributed by atoms with Crippen LogP contribution in [0.2, 0.25) is 0 Å². The number of hydrogen-bond acceptors (Lipinski definition) is 8. The van der Waals surface area contributed by atoms with Crippen molar-refractivity contribution < 1.29 is 24.4 Å². The molecule has 2 N–H and O–H groups in total. The van der Waals surface area contributed by atoms with Crippen LogP contribution < -0.4 is 9.47 Å².